The first-order chi connectivity index (χ1) is 8.34. The third kappa shape index (κ3) is 2.05. The fourth-order valence-corrected chi connectivity index (χ4v) is 2.04. The number of fused-ring (bicyclic) bond motifs is 1. The second-order valence-electron chi connectivity index (χ2n) is 3.74. The van der Waals surface area contributed by atoms with Crippen molar-refractivity contribution in [1.29, 1.82) is 0 Å². The van der Waals surface area contributed by atoms with Gasteiger partial charge in [0.05, 0.1) is 16.5 Å². The van der Waals surface area contributed by atoms with Crippen molar-refractivity contribution in [3.63, 3.8) is 0 Å². The van der Waals surface area contributed by atoms with Crippen LogP contribution >= 0.6 is 12.2 Å². The van der Waals surface area contributed by atoms with Crippen LogP contribution in [0.2, 0.25) is 0 Å². The van der Waals surface area contributed by atoms with Crippen molar-refractivity contribution in [2.45, 2.75) is 19.6 Å². The molecular formula is C11H9F3N2OS. The molecule has 3 nitrogen and oxygen atoms in total. The van der Waals surface area contributed by atoms with Crippen molar-refractivity contribution in [3.8, 4) is 0 Å². The van der Waals surface area contributed by atoms with Crippen molar-refractivity contribution in [2.24, 2.45) is 0 Å². The summed E-state index contributed by atoms with van der Waals surface area (Å²) in [5.74, 6) is 0. The highest BCUT2D eigenvalue weighted by Crippen LogP contribution is 2.30. The Balaban J connectivity index is 2.82. The van der Waals surface area contributed by atoms with E-state index in [0.717, 1.165) is 18.2 Å². The monoisotopic (exact) mass is 274 g/mol. The van der Waals surface area contributed by atoms with Crippen LogP contribution in [0.4, 0.5) is 13.2 Å². The van der Waals surface area contributed by atoms with E-state index in [2.05, 4.69) is 4.98 Å². The van der Waals surface area contributed by atoms with E-state index in [1.54, 1.807) is 6.92 Å². The number of hydrogen-bond donors (Lipinski definition) is 1. The number of rotatable bonds is 1. The number of hydrogen-bond acceptors (Lipinski definition) is 2. The Morgan fingerprint density at radius 1 is 1.39 bits per heavy atom. The molecule has 0 spiro atoms. The Labute approximate surface area is 105 Å². The zero-order valence-corrected chi connectivity index (χ0v) is 10.2. The van der Waals surface area contributed by atoms with Crippen LogP contribution in [0.5, 0.6) is 0 Å². The van der Waals surface area contributed by atoms with Crippen molar-refractivity contribution in [2.75, 3.05) is 0 Å². The van der Waals surface area contributed by atoms with Crippen LogP contribution in [0.3, 0.4) is 0 Å². The molecule has 1 aromatic carbocycles. The van der Waals surface area contributed by atoms with E-state index in [0.29, 0.717) is 6.54 Å². The Morgan fingerprint density at radius 2 is 2.06 bits per heavy atom. The Bertz CT molecular complexity index is 715. The van der Waals surface area contributed by atoms with Gasteiger partial charge in [-0.15, -0.1) is 0 Å². The molecule has 18 heavy (non-hydrogen) atoms. The molecule has 96 valence electrons. The van der Waals surface area contributed by atoms with E-state index in [9.17, 15) is 18.0 Å². The SMILES string of the molecule is CCn1c(=S)[nH]c2cc(C(F)(F)F)ccc2c1=O. The number of benzene rings is 1. The molecule has 2 rings (SSSR count). The van der Waals surface area contributed by atoms with Crippen LogP contribution in [-0.2, 0) is 12.7 Å². The lowest BCUT2D eigenvalue weighted by molar-refractivity contribution is -0.137. The predicted octanol–water partition coefficient (Wildman–Crippen LogP) is 3.10. The zero-order chi connectivity index (χ0) is 13.5. The third-order valence-corrected chi connectivity index (χ3v) is 2.95. The van der Waals surface area contributed by atoms with Crippen molar-refractivity contribution < 1.29 is 13.2 Å². The van der Waals surface area contributed by atoms with Crippen molar-refractivity contribution in [1.82, 2.24) is 9.55 Å². The second kappa shape index (κ2) is 4.24. The smallest absolute Gasteiger partial charge is 0.332 e. The number of nitrogens with zero attached hydrogens (tertiary/aromatic N) is 1. The van der Waals surface area contributed by atoms with Crippen LogP contribution in [-0.4, -0.2) is 9.55 Å². The van der Waals surface area contributed by atoms with Gasteiger partial charge in [-0.1, -0.05) is 0 Å². The van der Waals surface area contributed by atoms with Gasteiger partial charge in [-0.25, -0.2) is 0 Å². The Kier molecular flexibility index (Phi) is 3.02. The summed E-state index contributed by atoms with van der Waals surface area (Å²) in [5, 5.41) is 0.193. The van der Waals surface area contributed by atoms with Crippen LogP contribution < -0.4 is 5.56 Å². The molecule has 0 saturated carbocycles. The summed E-state index contributed by atoms with van der Waals surface area (Å²) in [6.45, 7) is 2.10. The number of H-pyrrole nitrogens is 1. The van der Waals surface area contributed by atoms with Crippen LogP contribution in [0.1, 0.15) is 12.5 Å². The van der Waals surface area contributed by atoms with Gasteiger partial charge in [0, 0.05) is 6.54 Å². The fraction of sp³-hybridized carbons (Fsp3) is 0.273. The number of aromatic nitrogens is 2. The average molecular weight is 274 g/mol. The molecule has 0 amide bonds. The summed E-state index contributed by atoms with van der Waals surface area (Å²) in [6.07, 6.45) is -4.44. The molecule has 1 heterocycles. The number of alkyl halides is 3. The van der Waals surface area contributed by atoms with Crippen molar-refractivity contribution in [3.05, 3.63) is 38.9 Å². The summed E-state index contributed by atoms with van der Waals surface area (Å²) < 4.78 is 39.0. The lowest BCUT2D eigenvalue weighted by Crippen LogP contribution is -2.21. The number of halogens is 3. The standard InChI is InChI=1S/C11H9F3N2OS/c1-2-16-9(17)7-4-3-6(11(12,13)14)5-8(7)15-10(16)18/h3-5H,2H2,1H3,(H,15,18). The summed E-state index contributed by atoms with van der Waals surface area (Å²) >= 11 is 4.93. The lowest BCUT2D eigenvalue weighted by atomic mass is 10.1. The number of nitrogens with one attached hydrogen (secondary N) is 1. The molecule has 0 atom stereocenters. The van der Waals surface area contributed by atoms with E-state index >= 15 is 0 Å². The van der Waals surface area contributed by atoms with Crippen LogP contribution in [0.25, 0.3) is 10.9 Å². The highest BCUT2D eigenvalue weighted by Gasteiger charge is 2.30. The molecule has 0 fully saturated rings. The molecule has 0 radical (unpaired) electrons. The van der Waals surface area contributed by atoms with Gasteiger partial charge >= 0.3 is 6.18 Å². The quantitative estimate of drug-likeness (QED) is 0.811. The predicted molar refractivity (Wildman–Crippen MR) is 64.1 cm³/mol. The molecule has 1 aromatic heterocycles. The van der Waals surface area contributed by atoms with Gasteiger partial charge in [0.15, 0.2) is 4.77 Å². The van der Waals surface area contributed by atoms with Gasteiger partial charge in [0.25, 0.3) is 5.56 Å². The summed E-state index contributed by atoms with van der Waals surface area (Å²) in [6, 6.07) is 2.95. The maximum atomic E-state index is 12.5. The summed E-state index contributed by atoms with van der Waals surface area (Å²) in [5.41, 5.74) is -1.09. The minimum absolute atomic E-state index is 0.101. The first kappa shape index (κ1) is 12.8. The first-order valence-corrected chi connectivity index (χ1v) is 5.59. The highest BCUT2D eigenvalue weighted by atomic mass is 32.1. The molecule has 7 heteroatoms. The molecule has 0 aliphatic carbocycles. The van der Waals surface area contributed by atoms with E-state index in [1.165, 1.54) is 4.57 Å². The fourth-order valence-electron chi connectivity index (χ4n) is 1.72. The third-order valence-electron chi connectivity index (χ3n) is 2.63. The maximum Gasteiger partial charge on any atom is 0.416 e. The van der Waals surface area contributed by atoms with Crippen molar-refractivity contribution >= 4 is 23.1 Å². The van der Waals surface area contributed by atoms with Gasteiger partial charge in [-0.3, -0.25) is 9.36 Å². The molecule has 1 N–H and O–H groups in total. The van der Waals surface area contributed by atoms with Gasteiger partial charge in [-0.05, 0) is 37.3 Å². The van der Waals surface area contributed by atoms with Gasteiger partial charge in [-0.2, -0.15) is 13.2 Å². The van der Waals surface area contributed by atoms with Gasteiger partial charge < -0.3 is 4.98 Å². The minimum Gasteiger partial charge on any atom is -0.332 e. The topological polar surface area (TPSA) is 37.8 Å². The molecule has 0 aliphatic heterocycles. The Hall–Kier alpha value is -1.63. The second-order valence-corrected chi connectivity index (χ2v) is 4.12. The molecule has 0 saturated heterocycles. The molecule has 0 unspecified atom stereocenters. The van der Waals surface area contributed by atoms with Gasteiger partial charge in [0.2, 0.25) is 0 Å². The molecular weight excluding hydrogens is 265 g/mol. The molecule has 0 bridgehead atoms. The van der Waals surface area contributed by atoms with E-state index in [1.807, 2.05) is 0 Å². The lowest BCUT2D eigenvalue weighted by Gasteiger charge is -2.09. The minimum atomic E-state index is -4.44. The normalized spacial score (nSPS) is 12.0. The average Bonchev–Trinajstić information content (AvgIpc) is 2.27. The van der Waals surface area contributed by atoms with E-state index in [4.69, 9.17) is 12.2 Å². The number of aromatic amines is 1. The first-order valence-electron chi connectivity index (χ1n) is 5.18. The summed E-state index contributed by atoms with van der Waals surface area (Å²) in [4.78, 5) is 14.6. The van der Waals surface area contributed by atoms with Crippen LogP contribution in [0.15, 0.2) is 23.0 Å². The largest absolute Gasteiger partial charge is 0.416 e. The Morgan fingerprint density at radius 3 is 2.61 bits per heavy atom. The van der Waals surface area contributed by atoms with E-state index in [-0.39, 0.29) is 21.2 Å². The summed E-state index contributed by atoms with van der Waals surface area (Å²) in [7, 11) is 0. The molecule has 0 aliphatic rings. The highest BCUT2D eigenvalue weighted by molar-refractivity contribution is 7.71. The van der Waals surface area contributed by atoms with Gasteiger partial charge in [0.1, 0.15) is 0 Å². The maximum absolute atomic E-state index is 12.5. The zero-order valence-electron chi connectivity index (χ0n) is 9.34. The van der Waals surface area contributed by atoms with E-state index < -0.39 is 11.7 Å². The van der Waals surface area contributed by atoms with Crippen LogP contribution in [0, 0.1) is 4.77 Å². The molecule has 2 aromatic rings.